The molecule has 43 heavy (non-hydrogen) atoms. The fourth-order valence-electron chi connectivity index (χ4n) is 4.47. The molecule has 0 aromatic heterocycles. The van der Waals surface area contributed by atoms with Crippen LogP contribution in [-0.2, 0) is 32.6 Å². The maximum atomic E-state index is 14.3. The number of nitrogens with zero attached hydrogens (tertiary/aromatic N) is 2. The number of benzene rings is 4. The standard InChI is InChI=1S/C31H27Cl4N3O4S/c1-36-31(40)29(17-21-7-3-2-4-8-21)37(19-26-27(34)11-6-12-28(26)35)30(39)20-38(24-10-5-9-23(33)18-24)43(41,42)25-15-13-22(32)14-16-25/h2-16,18,29H,17,19-20H2,1H3,(H,36,40)/t29-/m0/s1. The molecular weight excluding hydrogens is 652 g/mol. The molecule has 224 valence electrons. The van der Waals surface area contributed by atoms with Crippen molar-refractivity contribution in [3.8, 4) is 0 Å². The molecule has 4 aromatic carbocycles. The first-order chi connectivity index (χ1) is 20.5. The first kappa shape index (κ1) is 32.6. The number of likely N-dealkylation sites (N-methyl/N-ethyl adjacent to an activating group) is 1. The average molecular weight is 679 g/mol. The molecule has 1 atom stereocenters. The maximum absolute atomic E-state index is 14.3. The lowest BCUT2D eigenvalue weighted by molar-refractivity contribution is -0.139. The van der Waals surface area contributed by atoms with E-state index in [2.05, 4.69) is 5.32 Å². The second-order valence-corrected chi connectivity index (χ2v) is 13.0. The molecule has 1 N–H and O–H groups in total. The maximum Gasteiger partial charge on any atom is 0.264 e. The zero-order valence-corrected chi connectivity index (χ0v) is 26.7. The van der Waals surface area contributed by atoms with E-state index in [1.165, 1.54) is 48.3 Å². The summed E-state index contributed by atoms with van der Waals surface area (Å²) in [6, 6.07) is 24.8. The number of sulfonamides is 1. The SMILES string of the molecule is CNC(=O)[C@H](Cc1ccccc1)N(Cc1c(Cl)cccc1Cl)C(=O)CN(c1cccc(Cl)c1)S(=O)(=O)c1ccc(Cl)cc1. The van der Waals surface area contributed by atoms with Crippen molar-refractivity contribution in [1.82, 2.24) is 10.2 Å². The number of amides is 2. The van der Waals surface area contributed by atoms with E-state index >= 15 is 0 Å². The van der Waals surface area contributed by atoms with Crippen LogP contribution in [0.3, 0.4) is 0 Å². The van der Waals surface area contributed by atoms with Crippen LogP contribution in [0.1, 0.15) is 11.1 Å². The lowest BCUT2D eigenvalue weighted by Crippen LogP contribution is -2.53. The minimum absolute atomic E-state index is 0.0856. The van der Waals surface area contributed by atoms with E-state index < -0.39 is 34.4 Å². The second kappa shape index (κ2) is 14.5. The van der Waals surface area contributed by atoms with Crippen molar-refractivity contribution in [3.05, 3.63) is 128 Å². The molecule has 0 heterocycles. The van der Waals surface area contributed by atoms with Gasteiger partial charge in [-0.3, -0.25) is 13.9 Å². The Morgan fingerprint density at radius 2 is 1.42 bits per heavy atom. The first-order valence-corrected chi connectivity index (χ1v) is 16.0. The van der Waals surface area contributed by atoms with Crippen molar-refractivity contribution >= 4 is 73.9 Å². The normalized spacial score (nSPS) is 11.9. The van der Waals surface area contributed by atoms with Gasteiger partial charge < -0.3 is 10.2 Å². The van der Waals surface area contributed by atoms with Gasteiger partial charge in [0.1, 0.15) is 12.6 Å². The largest absolute Gasteiger partial charge is 0.357 e. The number of rotatable bonds is 11. The van der Waals surface area contributed by atoms with E-state index in [4.69, 9.17) is 46.4 Å². The van der Waals surface area contributed by atoms with Crippen LogP contribution in [0, 0.1) is 0 Å². The number of hydrogen-bond acceptors (Lipinski definition) is 4. The highest BCUT2D eigenvalue weighted by Crippen LogP contribution is 2.30. The molecule has 0 saturated heterocycles. The molecule has 0 radical (unpaired) electrons. The molecule has 0 saturated carbocycles. The Balaban J connectivity index is 1.82. The number of hydrogen-bond donors (Lipinski definition) is 1. The van der Waals surface area contributed by atoms with E-state index in [1.807, 2.05) is 30.3 Å². The Kier molecular flexibility index (Phi) is 11.0. The van der Waals surface area contributed by atoms with Crippen LogP contribution in [-0.4, -0.2) is 44.8 Å². The van der Waals surface area contributed by atoms with Crippen molar-refractivity contribution < 1.29 is 18.0 Å². The second-order valence-electron chi connectivity index (χ2n) is 9.49. The highest BCUT2D eigenvalue weighted by molar-refractivity contribution is 7.92. The van der Waals surface area contributed by atoms with Gasteiger partial charge in [0.2, 0.25) is 11.8 Å². The Labute approximate surface area is 271 Å². The fourth-order valence-corrected chi connectivity index (χ4v) is 6.70. The van der Waals surface area contributed by atoms with Gasteiger partial charge in [-0.05, 0) is 60.2 Å². The van der Waals surface area contributed by atoms with Crippen LogP contribution in [0.4, 0.5) is 5.69 Å². The van der Waals surface area contributed by atoms with Crippen LogP contribution in [0.15, 0.2) is 102 Å². The molecule has 0 bridgehead atoms. The summed E-state index contributed by atoms with van der Waals surface area (Å²) >= 11 is 25.2. The Morgan fingerprint density at radius 1 is 0.791 bits per heavy atom. The lowest BCUT2D eigenvalue weighted by atomic mass is 10.0. The number of anilines is 1. The van der Waals surface area contributed by atoms with Gasteiger partial charge in [0.05, 0.1) is 10.6 Å². The van der Waals surface area contributed by atoms with Crippen LogP contribution in [0.2, 0.25) is 20.1 Å². The predicted molar refractivity (Wildman–Crippen MR) is 172 cm³/mol. The zero-order valence-electron chi connectivity index (χ0n) is 22.9. The zero-order chi connectivity index (χ0) is 31.1. The van der Waals surface area contributed by atoms with Gasteiger partial charge in [0.25, 0.3) is 10.0 Å². The first-order valence-electron chi connectivity index (χ1n) is 13.0. The molecule has 7 nitrogen and oxygen atoms in total. The monoisotopic (exact) mass is 677 g/mol. The van der Waals surface area contributed by atoms with Gasteiger partial charge >= 0.3 is 0 Å². The summed E-state index contributed by atoms with van der Waals surface area (Å²) in [5.74, 6) is -1.12. The summed E-state index contributed by atoms with van der Waals surface area (Å²) in [5, 5.41) is 3.83. The molecule has 0 aliphatic rings. The summed E-state index contributed by atoms with van der Waals surface area (Å²) in [5.41, 5.74) is 1.36. The molecule has 4 aromatic rings. The molecule has 0 fully saturated rings. The fraction of sp³-hybridized carbons (Fsp3) is 0.161. The van der Waals surface area contributed by atoms with Crippen molar-refractivity contribution in [3.63, 3.8) is 0 Å². The van der Waals surface area contributed by atoms with E-state index in [1.54, 1.807) is 30.3 Å². The lowest BCUT2D eigenvalue weighted by Gasteiger charge is -2.34. The van der Waals surface area contributed by atoms with E-state index in [-0.39, 0.29) is 28.6 Å². The van der Waals surface area contributed by atoms with Crippen LogP contribution < -0.4 is 9.62 Å². The minimum Gasteiger partial charge on any atom is -0.357 e. The van der Waals surface area contributed by atoms with Crippen LogP contribution >= 0.6 is 46.4 Å². The van der Waals surface area contributed by atoms with Crippen LogP contribution in [0.5, 0.6) is 0 Å². The van der Waals surface area contributed by atoms with Gasteiger partial charge in [-0.1, -0.05) is 88.9 Å². The molecule has 12 heteroatoms. The summed E-state index contributed by atoms with van der Waals surface area (Å²) in [6.07, 6.45) is 0.148. The molecule has 0 unspecified atom stereocenters. The smallest absolute Gasteiger partial charge is 0.264 e. The van der Waals surface area contributed by atoms with Gasteiger partial charge in [-0.2, -0.15) is 0 Å². The van der Waals surface area contributed by atoms with E-state index in [9.17, 15) is 18.0 Å². The third-order valence-corrected chi connectivity index (χ3v) is 9.67. The predicted octanol–water partition coefficient (Wildman–Crippen LogP) is 6.88. The summed E-state index contributed by atoms with van der Waals surface area (Å²) in [4.78, 5) is 28.9. The van der Waals surface area contributed by atoms with Gasteiger partial charge in [-0.15, -0.1) is 0 Å². The van der Waals surface area contributed by atoms with Gasteiger partial charge in [0, 0.05) is 45.7 Å². The van der Waals surface area contributed by atoms with Gasteiger partial charge in [-0.25, -0.2) is 8.42 Å². The Hall–Kier alpha value is -3.27. The Morgan fingerprint density at radius 3 is 2.02 bits per heavy atom. The Bertz CT molecular complexity index is 1680. The van der Waals surface area contributed by atoms with Crippen molar-refractivity contribution in [2.24, 2.45) is 0 Å². The van der Waals surface area contributed by atoms with Crippen molar-refractivity contribution in [1.29, 1.82) is 0 Å². The number of carbonyl (C=O) groups is 2. The minimum atomic E-state index is -4.30. The summed E-state index contributed by atoms with van der Waals surface area (Å²) < 4.78 is 28.9. The highest BCUT2D eigenvalue weighted by Gasteiger charge is 2.35. The summed E-state index contributed by atoms with van der Waals surface area (Å²) in [7, 11) is -2.83. The third-order valence-electron chi connectivity index (χ3n) is 6.68. The molecule has 0 aliphatic carbocycles. The highest BCUT2D eigenvalue weighted by atomic mass is 35.5. The quantitative estimate of drug-likeness (QED) is 0.187. The number of nitrogens with one attached hydrogen (secondary N) is 1. The topological polar surface area (TPSA) is 86.8 Å². The molecule has 2 amide bonds. The van der Waals surface area contributed by atoms with E-state index in [0.717, 1.165) is 9.87 Å². The van der Waals surface area contributed by atoms with E-state index in [0.29, 0.717) is 20.6 Å². The third kappa shape index (κ3) is 8.02. The number of halogens is 4. The van der Waals surface area contributed by atoms with Crippen molar-refractivity contribution in [2.45, 2.75) is 23.9 Å². The summed E-state index contributed by atoms with van der Waals surface area (Å²) in [6.45, 7) is -0.817. The molecular formula is C31H27Cl4N3O4S. The van der Waals surface area contributed by atoms with Crippen molar-refractivity contribution in [2.75, 3.05) is 17.9 Å². The molecule has 4 rings (SSSR count). The molecule has 0 spiro atoms. The van der Waals surface area contributed by atoms with Gasteiger partial charge in [0.15, 0.2) is 0 Å². The molecule has 0 aliphatic heterocycles. The average Bonchev–Trinajstić information content (AvgIpc) is 2.99. The number of carbonyl (C=O) groups excluding carboxylic acids is 2. The van der Waals surface area contributed by atoms with Crippen LogP contribution in [0.25, 0.3) is 0 Å².